The van der Waals surface area contributed by atoms with Crippen LogP contribution < -0.4 is 21.3 Å². The Morgan fingerprint density at radius 3 is 2.24 bits per heavy atom. The first-order chi connectivity index (χ1) is 18.0. The summed E-state index contributed by atoms with van der Waals surface area (Å²) in [5, 5.41) is 6.21. The van der Waals surface area contributed by atoms with Crippen molar-refractivity contribution in [3.05, 3.63) is 59.7 Å². The van der Waals surface area contributed by atoms with Crippen molar-refractivity contribution in [1.82, 2.24) is 10.2 Å². The Morgan fingerprint density at radius 2 is 1.57 bits per heavy atom. The van der Waals surface area contributed by atoms with Crippen LogP contribution in [0.4, 0.5) is 11.4 Å². The molecule has 3 fully saturated rings. The predicted molar refractivity (Wildman–Crippen MR) is 144 cm³/mol. The molecular formula is C29H37N5O3. The summed E-state index contributed by atoms with van der Waals surface area (Å²) in [7, 11) is 0. The highest BCUT2D eigenvalue weighted by molar-refractivity contribution is 6.00. The van der Waals surface area contributed by atoms with Crippen LogP contribution in [0.5, 0.6) is 0 Å². The lowest BCUT2D eigenvalue weighted by Crippen LogP contribution is -2.49. The summed E-state index contributed by atoms with van der Waals surface area (Å²) < 4.78 is 0. The standard InChI is InChI=1S/C29H37N5O3/c30-23-9-11-24(12-10-23)31-28(36)22-8-13-26(33-14-16-34(17-15-33)29(37)21-6-7-21)25(19-22)32-27(35)18-20-4-2-1-3-5-20/h1-5,8,13,19,21,23-24H,6-7,9-12,14-18,30H2,(H,31,36)(H,32,35). The van der Waals surface area contributed by atoms with E-state index in [4.69, 9.17) is 5.73 Å². The number of amides is 3. The van der Waals surface area contributed by atoms with Crippen molar-refractivity contribution in [3.8, 4) is 0 Å². The van der Waals surface area contributed by atoms with E-state index in [1.807, 2.05) is 47.4 Å². The van der Waals surface area contributed by atoms with Crippen LogP contribution in [0.3, 0.4) is 0 Å². The summed E-state index contributed by atoms with van der Waals surface area (Å²) in [5.41, 5.74) is 8.97. The summed E-state index contributed by atoms with van der Waals surface area (Å²) in [5.74, 6) is 0.225. The van der Waals surface area contributed by atoms with Crippen molar-refractivity contribution < 1.29 is 14.4 Å². The lowest BCUT2D eigenvalue weighted by atomic mass is 9.91. The van der Waals surface area contributed by atoms with Crippen molar-refractivity contribution in [2.75, 3.05) is 36.4 Å². The summed E-state index contributed by atoms with van der Waals surface area (Å²) in [6.07, 6.45) is 5.87. The monoisotopic (exact) mass is 503 g/mol. The molecule has 0 spiro atoms. The van der Waals surface area contributed by atoms with E-state index in [1.54, 1.807) is 6.07 Å². The van der Waals surface area contributed by atoms with Gasteiger partial charge in [0.05, 0.1) is 17.8 Å². The molecular weight excluding hydrogens is 466 g/mol. The molecule has 1 aliphatic heterocycles. The Hall–Kier alpha value is -3.39. The molecule has 1 heterocycles. The molecule has 8 heteroatoms. The van der Waals surface area contributed by atoms with Gasteiger partial charge < -0.3 is 26.2 Å². The van der Waals surface area contributed by atoms with Gasteiger partial charge in [-0.1, -0.05) is 30.3 Å². The normalized spacial score (nSPS) is 21.9. The zero-order chi connectivity index (χ0) is 25.8. The molecule has 37 heavy (non-hydrogen) atoms. The molecule has 2 aromatic rings. The van der Waals surface area contributed by atoms with Crippen LogP contribution in [0.15, 0.2) is 48.5 Å². The number of carbonyl (C=O) groups excluding carboxylic acids is 3. The number of nitrogens with one attached hydrogen (secondary N) is 2. The first-order valence-corrected chi connectivity index (χ1v) is 13.5. The Labute approximate surface area is 218 Å². The second kappa shape index (κ2) is 11.3. The van der Waals surface area contributed by atoms with Crippen molar-refractivity contribution in [3.63, 3.8) is 0 Å². The Balaban J connectivity index is 1.31. The molecule has 0 unspecified atom stereocenters. The van der Waals surface area contributed by atoms with Gasteiger partial charge in [0.1, 0.15) is 0 Å². The van der Waals surface area contributed by atoms with Gasteiger partial charge in [0, 0.05) is 49.7 Å². The average molecular weight is 504 g/mol. The molecule has 3 amide bonds. The molecule has 0 bridgehead atoms. The summed E-state index contributed by atoms with van der Waals surface area (Å²) >= 11 is 0. The fourth-order valence-electron chi connectivity index (χ4n) is 5.32. The van der Waals surface area contributed by atoms with E-state index in [0.717, 1.165) is 49.8 Å². The van der Waals surface area contributed by atoms with E-state index in [-0.39, 0.29) is 42.1 Å². The molecule has 2 aromatic carbocycles. The number of rotatable bonds is 7. The SMILES string of the molecule is NC1CCC(NC(=O)c2ccc(N3CCN(C(=O)C4CC4)CC3)c(NC(=O)Cc3ccccc3)c2)CC1. The molecule has 5 rings (SSSR count). The molecule has 0 aromatic heterocycles. The van der Waals surface area contributed by atoms with Gasteiger partial charge in [-0.2, -0.15) is 0 Å². The van der Waals surface area contributed by atoms with E-state index in [0.29, 0.717) is 37.4 Å². The number of hydrogen-bond acceptors (Lipinski definition) is 5. The van der Waals surface area contributed by atoms with Crippen molar-refractivity contribution in [2.24, 2.45) is 11.7 Å². The van der Waals surface area contributed by atoms with Crippen LogP contribution >= 0.6 is 0 Å². The van der Waals surface area contributed by atoms with Crippen LogP contribution in [0.25, 0.3) is 0 Å². The molecule has 2 aliphatic carbocycles. The Morgan fingerprint density at radius 1 is 0.865 bits per heavy atom. The maximum Gasteiger partial charge on any atom is 0.251 e. The third-order valence-corrected chi connectivity index (χ3v) is 7.71. The highest BCUT2D eigenvalue weighted by Gasteiger charge is 2.35. The molecule has 4 N–H and O–H groups in total. The van der Waals surface area contributed by atoms with Crippen LogP contribution in [0.1, 0.15) is 54.4 Å². The maximum atomic E-state index is 13.1. The Kier molecular flexibility index (Phi) is 7.74. The van der Waals surface area contributed by atoms with Crippen molar-refractivity contribution in [1.29, 1.82) is 0 Å². The minimum absolute atomic E-state index is 0.125. The molecule has 8 nitrogen and oxygen atoms in total. The number of hydrogen-bond donors (Lipinski definition) is 3. The Bertz CT molecular complexity index is 1120. The van der Waals surface area contributed by atoms with Crippen molar-refractivity contribution in [2.45, 2.75) is 57.0 Å². The lowest BCUT2D eigenvalue weighted by Gasteiger charge is -2.37. The number of nitrogens with zero attached hydrogens (tertiary/aromatic N) is 2. The molecule has 196 valence electrons. The number of carbonyl (C=O) groups is 3. The zero-order valence-electron chi connectivity index (χ0n) is 21.3. The first-order valence-electron chi connectivity index (χ1n) is 13.5. The molecule has 0 atom stereocenters. The topological polar surface area (TPSA) is 108 Å². The smallest absolute Gasteiger partial charge is 0.251 e. The average Bonchev–Trinajstić information content (AvgIpc) is 3.76. The second-order valence-corrected chi connectivity index (χ2v) is 10.6. The predicted octanol–water partition coefficient (Wildman–Crippen LogP) is 2.93. The van der Waals surface area contributed by atoms with E-state index >= 15 is 0 Å². The van der Waals surface area contributed by atoms with Crippen LogP contribution in [-0.4, -0.2) is 60.9 Å². The zero-order valence-corrected chi connectivity index (χ0v) is 21.3. The van der Waals surface area contributed by atoms with Crippen molar-refractivity contribution >= 4 is 29.1 Å². The molecule has 3 aliphatic rings. The van der Waals surface area contributed by atoms with Gasteiger partial charge in [-0.3, -0.25) is 14.4 Å². The van der Waals surface area contributed by atoms with Gasteiger partial charge in [0.15, 0.2) is 0 Å². The third-order valence-electron chi connectivity index (χ3n) is 7.71. The largest absolute Gasteiger partial charge is 0.366 e. The summed E-state index contributed by atoms with van der Waals surface area (Å²) in [4.78, 5) is 42.7. The highest BCUT2D eigenvalue weighted by atomic mass is 16.2. The van der Waals surface area contributed by atoms with Gasteiger partial charge in [-0.15, -0.1) is 0 Å². The minimum Gasteiger partial charge on any atom is -0.366 e. The molecule has 2 saturated carbocycles. The van der Waals surface area contributed by atoms with E-state index < -0.39 is 0 Å². The second-order valence-electron chi connectivity index (χ2n) is 10.6. The van der Waals surface area contributed by atoms with Gasteiger partial charge in [0.2, 0.25) is 11.8 Å². The number of piperazine rings is 1. The van der Waals surface area contributed by atoms with Crippen LogP contribution in [0.2, 0.25) is 0 Å². The van der Waals surface area contributed by atoms with Gasteiger partial charge >= 0.3 is 0 Å². The van der Waals surface area contributed by atoms with E-state index in [9.17, 15) is 14.4 Å². The number of anilines is 2. The quantitative estimate of drug-likeness (QED) is 0.539. The number of benzene rings is 2. The number of nitrogens with two attached hydrogens (primary N) is 1. The van der Waals surface area contributed by atoms with Gasteiger partial charge in [-0.05, 0) is 62.3 Å². The highest BCUT2D eigenvalue weighted by Crippen LogP contribution is 2.33. The first kappa shape index (κ1) is 25.3. The third kappa shape index (κ3) is 6.49. The van der Waals surface area contributed by atoms with Crippen LogP contribution in [-0.2, 0) is 16.0 Å². The van der Waals surface area contributed by atoms with E-state index in [2.05, 4.69) is 15.5 Å². The van der Waals surface area contributed by atoms with Gasteiger partial charge in [-0.25, -0.2) is 0 Å². The molecule has 0 radical (unpaired) electrons. The van der Waals surface area contributed by atoms with Gasteiger partial charge in [0.25, 0.3) is 5.91 Å². The molecule has 1 saturated heterocycles. The van der Waals surface area contributed by atoms with E-state index in [1.165, 1.54) is 0 Å². The summed E-state index contributed by atoms with van der Waals surface area (Å²) in [6.45, 7) is 2.71. The lowest BCUT2D eigenvalue weighted by molar-refractivity contribution is -0.132. The maximum absolute atomic E-state index is 13.1. The fraction of sp³-hybridized carbons (Fsp3) is 0.483. The fourth-order valence-corrected chi connectivity index (χ4v) is 5.32. The van der Waals surface area contributed by atoms with Crippen LogP contribution in [0, 0.1) is 5.92 Å². The minimum atomic E-state index is -0.134. The summed E-state index contributed by atoms with van der Waals surface area (Å²) in [6, 6.07) is 15.5.